The fourth-order valence-electron chi connectivity index (χ4n) is 3.21. The molecule has 4 rings (SSSR count). The quantitative estimate of drug-likeness (QED) is 0.598. The van der Waals surface area contributed by atoms with Crippen LogP contribution in [0, 0.1) is 6.92 Å². The average molecular weight is 395 g/mol. The number of fused-ring (bicyclic) bond motifs is 1. The first-order chi connectivity index (χ1) is 13.9. The molecule has 152 valence electrons. The van der Waals surface area contributed by atoms with Crippen LogP contribution in [0.25, 0.3) is 0 Å². The molecule has 0 fully saturated rings. The van der Waals surface area contributed by atoms with Gasteiger partial charge in [0.2, 0.25) is 18.5 Å². The van der Waals surface area contributed by atoms with Crippen LogP contribution in [0.3, 0.4) is 0 Å². The Bertz CT molecular complexity index is 982. The molecule has 3 aromatic rings. The van der Waals surface area contributed by atoms with Crippen LogP contribution in [0.5, 0.6) is 17.2 Å². The number of hydrogen-bond donors (Lipinski definition) is 0. The van der Waals surface area contributed by atoms with Crippen molar-refractivity contribution in [1.29, 1.82) is 0 Å². The third-order valence-electron chi connectivity index (χ3n) is 5.31. The maximum absolute atomic E-state index is 5.72. The van der Waals surface area contributed by atoms with Crippen LogP contribution in [0.4, 0.5) is 0 Å². The van der Waals surface area contributed by atoms with Crippen molar-refractivity contribution >= 4 is 0 Å². The fourth-order valence-corrected chi connectivity index (χ4v) is 3.21. The number of benzene rings is 2. The highest BCUT2D eigenvalue weighted by molar-refractivity contribution is 5.46. The molecule has 29 heavy (non-hydrogen) atoms. The van der Waals surface area contributed by atoms with Gasteiger partial charge in [0.25, 0.3) is 0 Å². The predicted molar refractivity (Wildman–Crippen MR) is 107 cm³/mol. The summed E-state index contributed by atoms with van der Waals surface area (Å²) in [5, 5.41) is 3.83. The average Bonchev–Trinajstić information content (AvgIpc) is 3.35. The minimum atomic E-state index is -0.174. The van der Waals surface area contributed by atoms with E-state index >= 15 is 0 Å². The molecule has 7 nitrogen and oxygen atoms in total. The first kappa shape index (κ1) is 19.3. The van der Waals surface area contributed by atoms with Gasteiger partial charge in [-0.1, -0.05) is 23.4 Å². The minimum absolute atomic E-state index is 0.174. The summed E-state index contributed by atoms with van der Waals surface area (Å²) in [6, 6.07) is 14.2. The Balaban J connectivity index is 1.38. The number of rotatable bonds is 7. The largest absolute Gasteiger partial charge is 0.485 e. The third-order valence-corrected chi connectivity index (χ3v) is 5.31. The van der Waals surface area contributed by atoms with Crippen molar-refractivity contribution in [2.45, 2.75) is 39.5 Å². The molecular formula is C22H25N3O4. The van der Waals surface area contributed by atoms with Gasteiger partial charge in [-0.25, -0.2) is 0 Å². The van der Waals surface area contributed by atoms with E-state index in [0.29, 0.717) is 11.7 Å². The molecule has 1 aromatic heterocycles. The summed E-state index contributed by atoms with van der Waals surface area (Å²) in [4.78, 5) is 6.44. The molecule has 0 saturated heterocycles. The van der Waals surface area contributed by atoms with E-state index in [1.165, 1.54) is 11.1 Å². The van der Waals surface area contributed by atoms with E-state index in [1.54, 1.807) is 6.92 Å². The molecule has 0 saturated carbocycles. The first-order valence-electron chi connectivity index (χ1n) is 9.54. The second-order valence-electron chi connectivity index (χ2n) is 7.65. The van der Waals surface area contributed by atoms with Gasteiger partial charge in [-0.05, 0) is 56.3 Å². The van der Waals surface area contributed by atoms with Gasteiger partial charge in [0.1, 0.15) is 5.75 Å². The highest BCUT2D eigenvalue weighted by Gasteiger charge is 2.28. The van der Waals surface area contributed by atoms with Crippen LogP contribution in [0.1, 0.15) is 36.7 Å². The van der Waals surface area contributed by atoms with Gasteiger partial charge in [-0.3, -0.25) is 4.90 Å². The van der Waals surface area contributed by atoms with Crippen molar-refractivity contribution in [3.05, 3.63) is 65.3 Å². The minimum Gasteiger partial charge on any atom is -0.485 e. The number of ether oxygens (including phenoxy) is 3. The summed E-state index contributed by atoms with van der Waals surface area (Å²) in [5.74, 6) is 3.46. The summed E-state index contributed by atoms with van der Waals surface area (Å²) in [6.07, 6.45) is 0. The second-order valence-corrected chi connectivity index (χ2v) is 7.65. The molecule has 1 aliphatic rings. The molecule has 0 amide bonds. The molecule has 0 atom stereocenters. The summed E-state index contributed by atoms with van der Waals surface area (Å²) in [6.45, 7) is 7.53. The van der Waals surface area contributed by atoms with Crippen molar-refractivity contribution < 1.29 is 18.7 Å². The molecule has 7 heteroatoms. The SMILES string of the molecule is Cc1nc(COc2ccc(CN(C)C(C)(C)c3ccc4c(c3)OCO4)cc2)no1. The summed E-state index contributed by atoms with van der Waals surface area (Å²) < 4.78 is 21.6. The number of aryl methyl sites for hydroxylation is 1. The molecular weight excluding hydrogens is 370 g/mol. The van der Waals surface area contributed by atoms with Gasteiger partial charge in [0, 0.05) is 19.0 Å². The second kappa shape index (κ2) is 7.75. The Morgan fingerprint density at radius 1 is 1.07 bits per heavy atom. The van der Waals surface area contributed by atoms with Gasteiger partial charge in [0.15, 0.2) is 18.1 Å². The highest BCUT2D eigenvalue weighted by Crippen LogP contribution is 2.37. The Morgan fingerprint density at radius 3 is 2.55 bits per heavy atom. The molecule has 0 unspecified atom stereocenters. The van der Waals surface area contributed by atoms with E-state index in [1.807, 2.05) is 18.2 Å². The van der Waals surface area contributed by atoms with Crippen LogP contribution in [0.2, 0.25) is 0 Å². The van der Waals surface area contributed by atoms with Gasteiger partial charge in [-0.2, -0.15) is 4.98 Å². The summed E-state index contributed by atoms with van der Waals surface area (Å²) in [5.41, 5.74) is 2.20. The van der Waals surface area contributed by atoms with E-state index in [-0.39, 0.29) is 18.9 Å². The Labute approximate surface area is 170 Å². The van der Waals surface area contributed by atoms with Gasteiger partial charge in [0.05, 0.1) is 0 Å². The zero-order valence-corrected chi connectivity index (χ0v) is 17.1. The Hall–Kier alpha value is -3.06. The van der Waals surface area contributed by atoms with Crippen LogP contribution in [-0.4, -0.2) is 28.9 Å². The number of hydrogen-bond acceptors (Lipinski definition) is 7. The van der Waals surface area contributed by atoms with Crippen molar-refractivity contribution in [3.63, 3.8) is 0 Å². The maximum Gasteiger partial charge on any atom is 0.231 e. The van der Waals surface area contributed by atoms with Crippen LogP contribution >= 0.6 is 0 Å². The normalized spacial score (nSPS) is 13.1. The van der Waals surface area contributed by atoms with E-state index in [2.05, 4.69) is 60.2 Å². The molecule has 0 radical (unpaired) electrons. The Kier molecular flexibility index (Phi) is 5.15. The summed E-state index contributed by atoms with van der Waals surface area (Å²) in [7, 11) is 2.12. The fraction of sp³-hybridized carbons (Fsp3) is 0.364. The van der Waals surface area contributed by atoms with Crippen molar-refractivity contribution in [2.75, 3.05) is 13.8 Å². The van der Waals surface area contributed by atoms with E-state index in [9.17, 15) is 0 Å². The molecule has 0 bridgehead atoms. The van der Waals surface area contributed by atoms with Crippen LogP contribution in [-0.2, 0) is 18.7 Å². The first-order valence-corrected chi connectivity index (χ1v) is 9.54. The maximum atomic E-state index is 5.72. The number of nitrogens with zero attached hydrogens (tertiary/aromatic N) is 3. The molecule has 2 heterocycles. The topological polar surface area (TPSA) is 69.9 Å². The molecule has 2 aromatic carbocycles. The van der Waals surface area contributed by atoms with E-state index in [4.69, 9.17) is 18.7 Å². The summed E-state index contributed by atoms with van der Waals surface area (Å²) >= 11 is 0. The third kappa shape index (κ3) is 4.19. The van der Waals surface area contributed by atoms with Crippen molar-refractivity contribution in [2.24, 2.45) is 0 Å². The number of aromatic nitrogens is 2. The van der Waals surface area contributed by atoms with Crippen LogP contribution in [0.15, 0.2) is 47.0 Å². The predicted octanol–water partition coefficient (Wildman–Crippen LogP) is 4.05. The van der Waals surface area contributed by atoms with E-state index in [0.717, 1.165) is 23.8 Å². The lowest BCUT2D eigenvalue weighted by Gasteiger charge is -2.36. The van der Waals surface area contributed by atoms with Crippen molar-refractivity contribution in [1.82, 2.24) is 15.0 Å². The van der Waals surface area contributed by atoms with Gasteiger partial charge >= 0.3 is 0 Å². The van der Waals surface area contributed by atoms with Crippen molar-refractivity contribution in [3.8, 4) is 17.2 Å². The molecule has 0 aliphatic carbocycles. The van der Waals surface area contributed by atoms with Gasteiger partial charge < -0.3 is 18.7 Å². The zero-order chi connectivity index (χ0) is 20.4. The smallest absolute Gasteiger partial charge is 0.231 e. The zero-order valence-electron chi connectivity index (χ0n) is 17.1. The van der Waals surface area contributed by atoms with E-state index < -0.39 is 0 Å². The lowest BCUT2D eigenvalue weighted by atomic mass is 9.91. The monoisotopic (exact) mass is 395 g/mol. The standard InChI is InChI=1S/C22H25N3O4/c1-15-23-21(24-29-15)13-26-18-8-5-16(6-9-18)12-25(4)22(2,3)17-7-10-19-20(11-17)28-14-27-19/h5-11H,12-14H2,1-4H3. The molecule has 0 N–H and O–H groups in total. The van der Waals surface area contributed by atoms with Gasteiger partial charge in [-0.15, -0.1) is 0 Å². The lowest BCUT2D eigenvalue weighted by molar-refractivity contribution is 0.147. The Morgan fingerprint density at radius 2 is 1.83 bits per heavy atom. The van der Waals surface area contributed by atoms with Crippen LogP contribution < -0.4 is 14.2 Å². The lowest BCUT2D eigenvalue weighted by Crippen LogP contribution is -2.37. The molecule has 0 spiro atoms. The highest BCUT2D eigenvalue weighted by atomic mass is 16.7. The molecule has 1 aliphatic heterocycles.